The van der Waals surface area contributed by atoms with Gasteiger partial charge in [-0.25, -0.2) is 0 Å². The Bertz CT molecular complexity index is 207. The molecule has 4 heteroatoms. The van der Waals surface area contributed by atoms with Crippen molar-refractivity contribution in [2.45, 2.75) is 59.9 Å². The van der Waals surface area contributed by atoms with E-state index in [2.05, 4.69) is 26.1 Å². The SMILES string of the molecule is CCC(CC)(CC)CNC(=O)C(C)C(C)N.Cl. The molecule has 1 amide bonds. The van der Waals surface area contributed by atoms with E-state index >= 15 is 0 Å². The van der Waals surface area contributed by atoms with Crippen molar-refractivity contribution in [3.05, 3.63) is 0 Å². The molecule has 3 N–H and O–H groups in total. The molecular weight excluding hydrogens is 236 g/mol. The van der Waals surface area contributed by atoms with Gasteiger partial charge in [0, 0.05) is 18.5 Å². The highest BCUT2D eigenvalue weighted by Gasteiger charge is 2.26. The van der Waals surface area contributed by atoms with E-state index in [-0.39, 0.29) is 35.7 Å². The summed E-state index contributed by atoms with van der Waals surface area (Å²) in [5.74, 6) is -0.0296. The molecule has 0 rings (SSSR count). The van der Waals surface area contributed by atoms with Gasteiger partial charge >= 0.3 is 0 Å². The van der Waals surface area contributed by atoms with Crippen LogP contribution in [0.25, 0.3) is 0 Å². The number of carbonyl (C=O) groups is 1. The highest BCUT2D eigenvalue weighted by molar-refractivity contribution is 5.85. The summed E-state index contributed by atoms with van der Waals surface area (Å²) in [7, 11) is 0. The molecule has 0 aromatic rings. The van der Waals surface area contributed by atoms with Gasteiger partial charge in [-0.15, -0.1) is 12.4 Å². The van der Waals surface area contributed by atoms with Gasteiger partial charge in [-0.3, -0.25) is 4.79 Å². The Balaban J connectivity index is 0. The fraction of sp³-hybridized carbons (Fsp3) is 0.923. The third-order valence-electron chi connectivity index (χ3n) is 4.09. The number of carbonyl (C=O) groups excluding carboxylic acids is 1. The largest absolute Gasteiger partial charge is 0.355 e. The summed E-state index contributed by atoms with van der Waals surface area (Å²) in [4.78, 5) is 11.8. The molecule has 0 saturated heterocycles. The molecule has 0 spiro atoms. The predicted molar refractivity (Wildman–Crippen MR) is 76.4 cm³/mol. The smallest absolute Gasteiger partial charge is 0.224 e. The third kappa shape index (κ3) is 5.73. The van der Waals surface area contributed by atoms with Crippen molar-refractivity contribution in [3.8, 4) is 0 Å². The van der Waals surface area contributed by atoms with Gasteiger partial charge < -0.3 is 11.1 Å². The second-order valence-corrected chi connectivity index (χ2v) is 4.93. The summed E-state index contributed by atoms with van der Waals surface area (Å²) >= 11 is 0. The maximum absolute atomic E-state index is 11.8. The van der Waals surface area contributed by atoms with Crippen LogP contribution in [0.3, 0.4) is 0 Å². The molecule has 0 fully saturated rings. The number of hydrogen-bond donors (Lipinski definition) is 2. The first kappa shape index (κ1) is 19.1. The average molecular weight is 265 g/mol. The van der Waals surface area contributed by atoms with E-state index in [1.54, 1.807) is 0 Å². The number of nitrogens with two attached hydrogens (primary N) is 1. The normalized spacial score (nSPS) is 14.7. The van der Waals surface area contributed by atoms with Gasteiger partial charge in [0.05, 0.1) is 0 Å². The molecule has 0 aliphatic rings. The summed E-state index contributed by atoms with van der Waals surface area (Å²) < 4.78 is 0. The van der Waals surface area contributed by atoms with Gasteiger partial charge in [-0.1, -0.05) is 27.7 Å². The Kier molecular flexibility index (Phi) is 9.82. The van der Waals surface area contributed by atoms with Crippen molar-refractivity contribution in [3.63, 3.8) is 0 Å². The highest BCUT2D eigenvalue weighted by atomic mass is 35.5. The van der Waals surface area contributed by atoms with Crippen molar-refractivity contribution < 1.29 is 4.79 Å². The Labute approximate surface area is 112 Å². The molecule has 0 aliphatic carbocycles. The highest BCUT2D eigenvalue weighted by Crippen LogP contribution is 2.29. The molecule has 0 aromatic heterocycles. The third-order valence-corrected chi connectivity index (χ3v) is 4.09. The van der Waals surface area contributed by atoms with Crippen LogP contribution in [-0.4, -0.2) is 18.5 Å². The number of nitrogens with one attached hydrogen (secondary N) is 1. The second-order valence-electron chi connectivity index (χ2n) is 4.93. The molecule has 17 heavy (non-hydrogen) atoms. The minimum absolute atomic E-state index is 0. The molecule has 0 bridgehead atoms. The van der Waals surface area contributed by atoms with Crippen molar-refractivity contribution in [2.75, 3.05) is 6.54 Å². The van der Waals surface area contributed by atoms with Crippen LogP contribution in [0.15, 0.2) is 0 Å². The van der Waals surface area contributed by atoms with Gasteiger partial charge in [-0.05, 0) is 31.6 Å². The molecule has 2 unspecified atom stereocenters. The van der Waals surface area contributed by atoms with Crippen LogP contribution in [0.5, 0.6) is 0 Å². The molecule has 0 saturated carbocycles. The van der Waals surface area contributed by atoms with Crippen molar-refractivity contribution in [2.24, 2.45) is 17.1 Å². The Morgan fingerprint density at radius 2 is 1.59 bits per heavy atom. The summed E-state index contributed by atoms with van der Waals surface area (Å²) in [5, 5.41) is 3.04. The van der Waals surface area contributed by atoms with Gasteiger partial charge in [0.2, 0.25) is 5.91 Å². The topological polar surface area (TPSA) is 55.1 Å². The number of hydrogen-bond acceptors (Lipinski definition) is 2. The van der Waals surface area contributed by atoms with Crippen LogP contribution in [-0.2, 0) is 4.79 Å². The summed E-state index contributed by atoms with van der Waals surface area (Å²) in [6, 6.07) is -0.0840. The van der Waals surface area contributed by atoms with E-state index in [0.29, 0.717) is 0 Å². The van der Waals surface area contributed by atoms with E-state index in [1.807, 2.05) is 13.8 Å². The van der Waals surface area contributed by atoms with Crippen molar-refractivity contribution in [1.82, 2.24) is 5.32 Å². The van der Waals surface area contributed by atoms with Crippen LogP contribution in [0.4, 0.5) is 0 Å². The molecule has 2 atom stereocenters. The zero-order valence-corrected chi connectivity index (χ0v) is 12.7. The lowest BCUT2D eigenvalue weighted by atomic mass is 9.79. The zero-order chi connectivity index (χ0) is 12.8. The molecule has 104 valence electrons. The van der Waals surface area contributed by atoms with Gasteiger partial charge in [0.25, 0.3) is 0 Å². The number of rotatable bonds is 7. The first-order valence-electron chi connectivity index (χ1n) is 6.45. The Morgan fingerprint density at radius 1 is 1.18 bits per heavy atom. The minimum Gasteiger partial charge on any atom is -0.355 e. The Hall–Kier alpha value is -0.280. The summed E-state index contributed by atoms with van der Waals surface area (Å²) in [6.07, 6.45) is 3.31. The number of halogens is 1. The molecule has 0 aliphatic heterocycles. The molecule has 0 radical (unpaired) electrons. The van der Waals surface area contributed by atoms with E-state index in [1.165, 1.54) is 0 Å². The van der Waals surface area contributed by atoms with Crippen LogP contribution in [0.1, 0.15) is 53.9 Å². The van der Waals surface area contributed by atoms with E-state index in [9.17, 15) is 4.79 Å². The van der Waals surface area contributed by atoms with Crippen molar-refractivity contribution >= 4 is 18.3 Å². The van der Waals surface area contributed by atoms with Gasteiger partial charge in [0.15, 0.2) is 0 Å². The van der Waals surface area contributed by atoms with E-state index in [4.69, 9.17) is 5.73 Å². The molecule has 0 heterocycles. The van der Waals surface area contributed by atoms with E-state index in [0.717, 1.165) is 25.8 Å². The first-order chi connectivity index (χ1) is 7.42. The van der Waals surface area contributed by atoms with E-state index < -0.39 is 0 Å². The maximum atomic E-state index is 11.8. The van der Waals surface area contributed by atoms with Crippen LogP contribution in [0, 0.1) is 11.3 Å². The van der Waals surface area contributed by atoms with Gasteiger partial charge in [-0.2, -0.15) is 0 Å². The minimum atomic E-state index is -0.108. The summed E-state index contributed by atoms with van der Waals surface area (Å²) in [6.45, 7) is 11.1. The lowest BCUT2D eigenvalue weighted by Crippen LogP contribution is -2.43. The standard InChI is InChI=1S/C13H28N2O.ClH/c1-6-13(7-2,8-3)9-15-12(16)10(4)11(5)14;/h10-11H,6-9,14H2,1-5H3,(H,15,16);1H. The van der Waals surface area contributed by atoms with Crippen molar-refractivity contribution in [1.29, 1.82) is 0 Å². The number of amides is 1. The van der Waals surface area contributed by atoms with Crippen LogP contribution >= 0.6 is 12.4 Å². The monoisotopic (exact) mass is 264 g/mol. The first-order valence-corrected chi connectivity index (χ1v) is 6.45. The summed E-state index contributed by atoms with van der Waals surface area (Å²) in [5.41, 5.74) is 5.97. The lowest BCUT2D eigenvalue weighted by Gasteiger charge is -2.31. The molecule has 3 nitrogen and oxygen atoms in total. The average Bonchev–Trinajstić information content (AvgIpc) is 2.30. The quantitative estimate of drug-likeness (QED) is 0.743. The predicted octanol–water partition coefficient (Wildman–Crippen LogP) is 2.72. The lowest BCUT2D eigenvalue weighted by molar-refractivity contribution is -0.125. The fourth-order valence-corrected chi connectivity index (χ4v) is 1.80. The van der Waals surface area contributed by atoms with Crippen LogP contribution in [0.2, 0.25) is 0 Å². The van der Waals surface area contributed by atoms with Crippen LogP contribution < -0.4 is 11.1 Å². The molecular formula is C13H29ClN2O. The molecule has 0 aromatic carbocycles. The maximum Gasteiger partial charge on any atom is 0.224 e. The van der Waals surface area contributed by atoms with Gasteiger partial charge in [0.1, 0.15) is 0 Å². The zero-order valence-electron chi connectivity index (χ0n) is 11.9. The Morgan fingerprint density at radius 3 is 1.88 bits per heavy atom. The fourth-order valence-electron chi connectivity index (χ4n) is 1.80. The second kappa shape index (κ2) is 8.76.